The largest absolute Gasteiger partial charge is 0.477 e. The molecule has 2 amide bonds. The van der Waals surface area contributed by atoms with Crippen LogP contribution in [0.25, 0.3) is 0 Å². The van der Waals surface area contributed by atoms with E-state index in [0.29, 0.717) is 19.0 Å². The Balaban J connectivity index is 1.36. The van der Waals surface area contributed by atoms with Gasteiger partial charge in [-0.1, -0.05) is 0 Å². The average Bonchev–Trinajstić information content (AvgIpc) is 3.06. The van der Waals surface area contributed by atoms with Crippen LogP contribution in [-0.4, -0.2) is 31.6 Å². The van der Waals surface area contributed by atoms with Crippen LogP contribution in [0.3, 0.4) is 0 Å². The monoisotopic (exact) mass is 428 g/mol. The third-order valence-corrected chi connectivity index (χ3v) is 8.16. The van der Waals surface area contributed by atoms with Gasteiger partial charge in [0, 0.05) is 24.1 Å². The molecule has 0 bridgehead atoms. The Morgan fingerprint density at radius 2 is 2.10 bits per heavy atom. The lowest BCUT2D eigenvalue weighted by atomic mass is 10.0. The average molecular weight is 429 g/mol. The molecule has 2 aromatic heterocycles. The first-order valence-electron chi connectivity index (χ1n) is 10.6. The van der Waals surface area contributed by atoms with Crippen LogP contribution in [0.2, 0.25) is 0 Å². The number of nitrogens with one attached hydrogen (secondary N) is 1. The molecule has 158 valence electrons. The number of anilines is 1. The number of rotatable bonds is 2. The van der Waals surface area contributed by atoms with E-state index in [9.17, 15) is 9.00 Å². The molecule has 1 atom stereocenters. The smallest absolute Gasteiger partial charge is 0.354 e. The van der Waals surface area contributed by atoms with Crippen LogP contribution in [-0.2, 0) is 41.1 Å². The van der Waals surface area contributed by atoms with Gasteiger partial charge in [-0.3, -0.25) is 4.98 Å². The number of nitrogens with zero attached hydrogens (tertiary/aromatic N) is 4. The number of aromatic nitrogens is 3. The fraction of sp³-hybridized carbons (Fsp3) is 0.550. The zero-order valence-corrected chi connectivity index (χ0v) is 17.5. The molecule has 3 N–H and O–H groups in total. The van der Waals surface area contributed by atoms with Gasteiger partial charge in [0.15, 0.2) is 9.92 Å². The summed E-state index contributed by atoms with van der Waals surface area (Å²) in [7, 11) is -3.48. The molecule has 9 nitrogen and oxygen atoms in total. The Labute approximate surface area is 174 Å². The SMILES string of the molecule is NS(=O)(=NC(=O)Nc1c2c(nc3c1CCC31CC1)CCC2)c1cnn2c1OCCC2. The molecular formula is C20H24N6O3S. The normalized spacial score (nSPS) is 21.9. The molecule has 0 aromatic carbocycles. The lowest BCUT2D eigenvalue weighted by Gasteiger charge is -2.17. The van der Waals surface area contributed by atoms with Crippen LogP contribution < -0.4 is 15.2 Å². The molecule has 1 spiro atoms. The predicted octanol–water partition coefficient (Wildman–Crippen LogP) is 2.46. The fourth-order valence-corrected chi connectivity index (χ4v) is 6.13. The summed E-state index contributed by atoms with van der Waals surface area (Å²) < 4.78 is 24.1. The summed E-state index contributed by atoms with van der Waals surface area (Å²) >= 11 is 0. The van der Waals surface area contributed by atoms with E-state index in [4.69, 9.17) is 14.9 Å². The van der Waals surface area contributed by atoms with Gasteiger partial charge in [0.05, 0.1) is 24.2 Å². The van der Waals surface area contributed by atoms with Crippen molar-refractivity contribution < 1.29 is 13.7 Å². The lowest BCUT2D eigenvalue weighted by Crippen LogP contribution is -2.21. The molecule has 0 saturated heterocycles. The van der Waals surface area contributed by atoms with Crippen molar-refractivity contribution in [3.8, 4) is 5.88 Å². The van der Waals surface area contributed by atoms with Gasteiger partial charge in [-0.05, 0) is 56.1 Å². The van der Waals surface area contributed by atoms with Crippen molar-refractivity contribution in [2.24, 2.45) is 9.50 Å². The van der Waals surface area contributed by atoms with E-state index >= 15 is 0 Å². The molecule has 4 aliphatic rings. The van der Waals surface area contributed by atoms with Gasteiger partial charge in [-0.15, -0.1) is 4.36 Å². The van der Waals surface area contributed by atoms with Crippen molar-refractivity contribution in [1.29, 1.82) is 0 Å². The summed E-state index contributed by atoms with van der Waals surface area (Å²) in [6.07, 6.45) is 9.41. The first kappa shape index (κ1) is 18.3. The van der Waals surface area contributed by atoms with Crippen molar-refractivity contribution in [3.05, 3.63) is 28.7 Å². The lowest BCUT2D eigenvalue weighted by molar-refractivity contribution is 0.224. The summed E-state index contributed by atoms with van der Waals surface area (Å²) in [6.45, 7) is 1.16. The summed E-state index contributed by atoms with van der Waals surface area (Å²) in [5.41, 5.74) is 5.53. The van der Waals surface area contributed by atoms with Crippen molar-refractivity contribution in [3.63, 3.8) is 0 Å². The van der Waals surface area contributed by atoms with Crippen molar-refractivity contribution >= 4 is 21.6 Å². The standard InChI is InChI=1S/C20H24N6O3S/c21-30(28,15-11-22-26-9-2-10-29-18(15)26)25-19(27)24-16-12-3-1-4-14(12)23-17-13(16)5-6-20(17)7-8-20/h11H,1-10H2,(H3,21,23,24,25,27,28). The highest BCUT2D eigenvalue weighted by atomic mass is 32.2. The van der Waals surface area contributed by atoms with E-state index in [-0.39, 0.29) is 10.3 Å². The van der Waals surface area contributed by atoms with Crippen LogP contribution in [0.15, 0.2) is 15.5 Å². The highest BCUT2D eigenvalue weighted by Gasteiger charge is 2.51. The number of fused-ring (bicyclic) bond motifs is 4. The first-order chi connectivity index (χ1) is 14.5. The van der Waals surface area contributed by atoms with Gasteiger partial charge in [0.25, 0.3) is 0 Å². The molecule has 3 aliphatic carbocycles. The van der Waals surface area contributed by atoms with Crippen molar-refractivity contribution in [2.75, 3.05) is 11.9 Å². The molecule has 1 aliphatic heterocycles. The number of carbonyl (C=O) groups is 1. The van der Waals surface area contributed by atoms with Crippen LogP contribution in [0.1, 0.15) is 54.6 Å². The number of aryl methyl sites for hydroxylation is 2. The van der Waals surface area contributed by atoms with E-state index in [2.05, 4.69) is 14.8 Å². The van der Waals surface area contributed by atoms with Crippen molar-refractivity contribution in [2.45, 2.75) is 68.2 Å². The summed E-state index contributed by atoms with van der Waals surface area (Å²) in [5.74, 6) is 0.340. The van der Waals surface area contributed by atoms with Crippen LogP contribution in [0, 0.1) is 0 Å². The number of carbonyl (C=O) groups excluding carboxylic acids is 1. The Morgan fingerprint density at radius 3 is 2.93 bits per heavy atom. The zero-order chi connectivity index (χ0) is 20.5. The van der Waals surface area contributed by atoms with Crippen LogP contribution >= 0.6 is 0 Å². The van der Waals surface area contributed by atoms with E-state index < -0.39 is 15.9 Å². The summed E-state index contributed by atoms with van der Waals surface area (Å²) in [5, 5.41) is 13.1. The number of nitrogens with two attached hydrogens (primary N) is 1. The molecule has 10 heteroatoms. The summed E-state index contributed by atoms with van der Waals surface area (Å²) in [4.78, 5) is 18.0. The van der Waals surface area contributed by atoms with Gasteiger partial charge < -0.3 is 10.1 Å². The third-order valence-electron chi connectivity index (χ3n) is 6.81. The molecule has 6 rings (SSSR count). The fourth-order valence-electron chi connectivity index (χ4n) is 5.12. The zero-order valence-electron chi connectivity index (χ0n) is 16.6. The molecule has 3 heterocycles. The van der Waals surface area contributed by atoms with E-state index in [1.807, 2.05) is 0 Å². The molecule has 1 unspecified atom stereocenters. The Kier molecular flexibility index (Phi) is 3.83. The second-order valence-electron chi connectivity index (χ2n) is 8.70. The number of hydrogen-bond donors (Lipinski definition) is 2. The van der Waals surface area contributed by atoms with Crippen molar-refractivity contribution in [1.82, 2.24) is 14.8 Å². The quantitative estimate of drug-likeness (QED) is 0.760. The number of ether oxygens (including phenoxy) is 1. The molecule has 30 heavy (non-hydrogen) atoms. The second kappa shape index (κ2) is 6.27. The van der Waals surface area contributed by atoms with E-state index in [1.54, 1.807) is 4.68 Å². The molecule has 2 aromatic rings. The minimum Gasteiger partial charge on any atom is -0.477 e. The predicted molar refractivity (Wildman–Crippen MR) is 110 cm³/mol. The maximum absolute atomic E-state index is 13.1. The minimum absolute atomic E-state index is 0.166. The number of pyridine rings is 1. The third kappa shape index (κ3) is 2.70. The Morgan fingerprint density at radius 1 is 1.23 bits per heavy atom. The van der Waals surface area contributed by atoms with Gasteiger partial charge in [0.1, 0.15) is 4.90 Å². The maximum atomic E-state index is 13.1. The minimum atomic E-state index is -3.48. The van der Waals surface area contributed by atoms with Gasteiger partial charge in [0.2, 0.25) is 5.88 Å². The van der Waals surface area contributed by atoms with E-state index in [1.165, 1.54) is 19.0 Å². The Bertz CT molecular complexity index is 1210. The van der Waals surface area contributed by atoms with Gasteiger partial charge in [-0.25, -0.2) is 18.8 Å². The highest BCUT2D eigenvalue weighted by Crippen LogP contribution is 2.58. The molecule has 0 radical (unpaired) electrons. The molecular weight excluding hydrogens is 404 g/mol. The topological polar surface area (TPSA) is 124 Å². The molecule has 1 saturated carbocycles. The number of hydrogen-bond acceptors (Lipinski definition) is 5. The van der Waals surface area contributed by atoms with Gasteiger partial charge >= 0.3 is 6.03 Å². The number of urea groups is 1. The van der Waals surface area contributed by atoms with Gasteiger partial charge in [-0.2, -0.15) is 5.10 Å². The van der Waals surface area contributed by atoms with Crippen LogP contribution in [0.5, 0.6) is 5.88 Å². The van der Waals surface area contributed by atoms with E-state index in [0.717, 1.165) is 66.7 Å². The highest BCUT2D eigenvalue weighted by molar-refractivity contribution is 7.91. The number of amides is 2. The molecule has 1 fully saturated rings. The maximum Gasteiger partial charge on any atom is 0.354 e. The Hall–Kier alpha value is -2.46. The summed E-state index contributed by atoms with van der Waals surface area (Å²) in [6, 6.07) is -0.697. The second-order valence-corrected chi connectivity index (χ2v) is 10.5. The van der Waals surface area contributed by atoms with Crippen LogP contribution in [0.4, 0.5) is 10.5 Å². The first-order valence-corrected chi connectivity index (χ1v) is 12.1.